The van der Waals surface area contributed by atoms with Gasteiger partial charge in [0.2, 0.25) is 0 Å². The zero-order valence-electron chi connectivity index (χ0n) is 12.0. The van der Waals surface area contributed by atoms with Crippen molar-refractivity contribution >= 4 is 5.97 Å². The van der Waals surface area contributed by atoms with Gasteiger partial charge in [0, 0.05) is 0 Å². The molecule has 1 saturated heterocycles. The second-order valence-corrected chi connectivity index (χ2v) is 4.98. The van der Waals surface area contributed by atoms with Crippen molar-refractivity contribution in [1.29, 1.82) is 0 Å². The standard InChI is InChI=1S/C14H28N2O2/c1-3-8-16(13-14(17)18-4-2)12-7-11-15-9-5-6-10-15/h3-13H2,1-2H3. The summed E-state index contributed by atoms with van der Waals surface area (Å²) in [5.41, 5.74) is 0. The van der Waals surface area contributed by atoms with Crippen LogP contribution in [0.1, 0.15) is 39.5 Å². The topological polar surface area (TPSA) is 32.8 Å². The number of carbonyl (C=O) groups is 1. The van der Waals surface area contributed by atoms with Gasteiger partial charge in [-0.3, -0.25) is 9.69 Å². The van der Waals surface area contributed by atoms with Gasteiger partial charge in [-0.2, -0.15) is 0 Å². The van der Waals surface area contributed by atoms with Crippen molar-refractivity contribution in [2.24, 2.45) is 0 Å². The van der Waals surface area contributed by atoms with Gasteiger partial charge in [-0.25, -0.2) is 0 Å². The van der Waals surface area contributed by atoms with E-state index in [2.05, 4.69) is 16.7 Å². The third-order valence-electron chi connectivity index (χ3n) is 3.35. The maximum atomic E-state index is 11.5. The zero-order chi connectivity index (χ0) is 13.2. The Morgan fingerprint density at radius 1 is 1.22 bits per heavy atom. The molecule has 0 unspecified atom stereocenters. The average Bonchev–Trinajstić information content (AvgIpc) is 2.82. The highest BCUT2D eigenvalue weighted by atomic mass is 16.5. The van der Waals surface area contributed by atoms with E-state index < -0.39 is 0 Å². The molecule has 0 aliphatic carbocycles. The number of ether oxygens (including phenoxy) is 1. The van der Waals surface area contributed by atoms with Crippen LogP contribution in [0.15, 0.2) is 0 Å². The number of likely N-dealkylation sites (tertiary alicyclic amines) is 1. The van der Waals surface area contributed by atoms with Crippen LogP contribution in [0.2, 0.25) is 0 Å². The van der Waals surface area contributed by atoms with Gasteiger partial charge in [0.05, 0.1) is 13.2 Å². The summed E-state index contributed by atoms with van der Waals surface area (Å²) in [6, 6.07) is 0. The molecule has 0 aromatic heterocycles. The van der Waals surface area contributed by atoms with Gasteiger partial charge in [-0.15, -0.1) is 0 Å². The number of rotatable bonds is 9. The van der Waals surface area contributed by atoms with Crippen LogP contribution in [0.25, 0.3) is 0 Å². The lowest BCUT2D eigenvalue weighted by molar-refractivity contribution is -0.144. The maximum Gasteiger partial charge on any atom is 0.320 e. The zero-order valence-corrected chi connectivity index (χ0v) is 12.0. The highest BCUT2D eigenvalue weighted by Gasteiger charge is 2.13. The van der Waals surface area contributed by atoms with Crippen LogP contribution in [0.5, 0.6) is 0 Å². The molecule has 1 aliphatic heterocycles. The van der Waals surface area contributed by atoms with Crippen LogP contribution in [0, 0.1) is 0 Å². The lowest BCUT2D eigenvalue weighted by Gasteiger charge is -2.22. The predicted molar refractivity (Wildman–Crippen MR) is 73.7 cm³/mol. The average molecular weight is 256 g/mol. The molecule has 0 spiro atoms. The molecule has 4 nitrogen and oxygen atoms in total. The molecule has 1 rings (SSSR count). The Hall–Kier alpha value is -0.610. The summed E-state index contributed by atoms with van der Waals surface area (Å²) >= 11 is 0. The quantitative estimate of drug-likeness (QED) is 0.588. The van der Waals surface area contributed by atoms with Crippen molar-refractivity contribution < 1.29 is 9.53 Å². The minimum absolute atomic E-state index is 0.0906. The molecule has 4 heteroatoms. The molecule has 18 heavy (non-hydrogen) atoms. The lowest BCUT2D eigenvalue weighted by Crippen LogP contribution is -2.34. The maximum absolute atomic E-state index is 11.5. The summed E-state index contributed by atoms with van der Waals surface area (Å²) in [7, 11) is 0. The Kier molecular flexibility index (Phi) is 8.01. The van der Waals surface area contributed by atoms with Gasteiger partial charge < -0.3 is 9.64 Å². The van der Waals surface area contributed by atoms with Crippen molar-refractivity contribution in [2.75, 3.05) is 45.9 Å². The van der Waals surface area contributed by atoms with E-state index in [9.17, 15) is 4.79 Å². The van der Waals surface area contributed by atoms with Crippen molar-refractivity contribution in [3.05, 3.63) is 0 Å². The molecule has 0 amide bonds. The first kappa shape index (κ1) is 15.4. The highest BCUT2D eigenvalue weighted by molar-refractivity contribution is 5.71. The van der Waals surface area contributed by atoms with E-state index in [1.807, 2.05) is 6.92 Å². The number of nitrogens with zero attached hydrogens (tertiary/aromatic N) is 2. The lowest BCUT2D eigenvalue weighted by atomic mass is 10.3. The summed E-state index contributed by atoms with van der Waals surface area (Å²) in [6.07, 6.45) is 4.94. The minimum Gasteiger partial charge on any atom is -0.465 e. The summed E-state index contributed by atoms with van der Waals surface area (Å²) < 4.78 is 5.01. The van der Waals surface area contributed by atoms with E-state index in [1.165, 1.54) is 32.5 Å². The first-order valence-electron chi connectivity index (χ1n) is 7.36. The molecule has 0 saturated carbocycles. The van der Waals surface area contributed by atoms with Crippen LogP contribution in [0.4, 0.5) is 0 Å². The smallest absolute Gasteiger partial charge is 0.320 e. The summed E-state index contributed by atoms with van der Waals surface area (Å²) in [5, 5.41) is 0. The van der Waals surface area contributed by atoms with Gasteiger partial charge in [-0.05, 0) is 65.3 Å². The molecular weight excluding hydrogens is 228 g/mol. The van der Waals surface area contributed by atoms with Crippen molar-refractivity contribution in [2.45, 2.75) is 39.5 Å². The van der Waals surface area contributed by atoms with Crippen molar-refractivity contribution in [3.8, 4) is 0 Å². The third kappa shape index (κ3) is 6.36. The van der Waals surface area contributed by atoms with E-state index in [-0.39, 0.29) is 5.97 Å². The number of carbonyl (C=O) groups excluding carboxylic acids is 1. The van der Waals surface area contributed by atoms with Gasteiger partial charge in [0.15, 0.2) is 0 Å². The van der Waals surface area contributed by atoms with E-state index in [0.29, 0.717) is 13.2 Å². The fourth-order valence-electron chi connectivity index (χ4n) is 2.50. The molecule has 1 aliphatic rings. The monoisotopic (exact) mass is 256 g/mol. The predicted octanol–water partition coefficient (Wildman–Crippen LogP) is 1.75. The number of hydrogen-bond donors (Lipinski definition) is 0. The normalized spacial score (nSPS) is 16.4. The van der Waals surface area contributed by atoms with Crippen molar-refractivity contribution in [1.82, 2.24) is 9.80 Å². The summed E-state index contributed by atoms with van der Waals surface area (Å²) in [5.74, 6) is -0.0906. The van der Waals surface area contributed by atoms with Gasteiger partial charge in [0.25, 0.3) is 0 Å². The number of esters is 1. The first-order chi connectivity index (χ1) is 8.76. The Morgan fingerprint density at radius 2 is 1.94 bits per heavy atom. The van der Waals surface area contributed by atoms with E-state index in [1.54, 1.807) is 0 Å². The summed E-state index contributed by atoms with van der Waals surface area (Å²) in [4.78, 5) is 16.2. The van der Waals surface area contributed by atoms with Crippen molar-refractivity contribution in [3.63, 3.8) is 0 Å². The molecule has 1 fully saturated rings. The largest absolute Gasteiger partial charge is 0.465 e. The molecule has 0 bridgehead atoms. The Morgan fingerprint density at radius 3 is 2.56 bits per heavy atom. The van der Waals surface area contributed by atoms with E-state index >= 15 is 0 Å². The van der Waals surface area contributed by atoms with Crippen LogP contribution < -0.4 is 0 Å². The molecule has 0 N–H and O–H groups in total. The molecular formula is C14H28N2O2. The van der Waals surface area contributed by atoms with E-state index in [0.717, 1.165) is 25.9 Å². The third-order valence-corrected chi connectivity index (χ3v) is 3.35. The van der Waals surface area contributed by atoms with Crippen LogP contribution in [-0.4, -0.2) is 61.6 Å². The fourth-order valence-corrected chi connectivity index (χ4v) is 2.50. The molecule has 0 aromatic carbocycles. The fraction of sp³-hybridized carbons (Fsp3) is 0.929. The summed E-state index contributed by atoms with van der Waals surface area (Å²) in [6.45, 7) is 10.6. The van der Waals surface area contributed by atoms with Gasteiger partial charge >= 0.3 is 5.97 Å². The Labute approximate surface area is 111 Å². The molecule has 106 valence electrons. The molecule has 0 radical (unpaired) electrons. The van der Waals surface area contributed by atoms with Gasteiger partial charge in [0.1, 0.15) is 0 Å². The molecule has 0 atom stereocenters. The van der Waals surface area contributed by atoms with Gasteiger partial charge in [-0.1, -0.05) is 6.92 Å². The first-order valence-corrected chi connectivity index (χ1v) is 7.36. The second kappa shape index (κ2) is 9.34. The highest BCUT2D eigenvalue weighted by Crippen LogP contribution is 2.07. The Balaban J connectivity index is 2.17. The number of hydrogen-bond acceptors (Lipinski definition) is 4. The molecule has 1 heterocycles. The van der Waals surface area contributed by atoms with Crippen LogP contribution in [0.3, 0.4) is 0 Å². The minimum atomic E-state index is -0.0906. The van der Waals surface area contributed by atoms with E-state index in [4.69, 9.17) is 4.74 Å². The molecule has 0 aromatic rings. The van der Waals surface area contributed by atoms with Crippen LogP contribution in [-0.2, 0) is 9.53 Å². The SMILES string of the molecule is CCCN(CCCN1CCCC1)CC(=O)OCC. The Bertz CT molecular complexity index is 228. The van der Waals surface area contributed by atoms with Crippen LogP contribution >= 0.6 is 0 Å². The second-order valence-electron chi connectivity index (χ2n) is 4.98.